The van der Waals surface area contributed by atoms with Crippen LogP contribution in [0.5, 0.6) is 0 Å². The summed E-state index contributed by atoms with van der Waals surface area (Å²) in [6, 6.07) is 5.96. The first kappa shape index (κ1) is 10.8. The number of aromatic nitrogens is 2. The van der Waals surface area contributed by atoms with E-state index in [4.69, 9.17) is 4.74 Å². The molecule has 0 fully saturated rings. The summed E-state index contributed by atoms with van der Waals surface area (Å²) in [6.07, 6.45) is 1.77. The second kappa shape index (κ2) is 4.90. The summed E-state index contributed by atoms with van der Waals surface area (Å²) in [5.74, 6) is 0. The van der Waals surface area contributed by atoms with E-state index in [0.29, 0.717) is 6.61 Å². The Kier molecular flexibility index (Phi) is 3.31. The highest BCUT2D eigenvalue weighted by Gasteiger charge is 2.03. The summed E-state index contributed by atoms with van der Waals surface area (Å²) in [5, 5.41) is 4.34. The summed E-state index contributed by atoms with van der Waals surface area (Å²) in [4.78, 5) is 8.69. The first-order valence-electron chi connectivity index (χ1n) is 5.32. The normalized spacial score (nSPS) is 10.6. The van der Waals surface area contributed by atoms with E-state index in [9.17, 15) is 0 Å². The number of hydrogen-bond donors (Lipinski definition) is 1. The predicted octanol–water partition coefficient (Wildman–Crippen LogP) is 2.21. The van der Waals surface area contributed by atoms with Crippen LogP contribution in [0.4, 0.5) is 5.69 Å². The lowest BCUT2D eigenvalue weighted by atomic mass is 10.2. The van der Waals surface area contributed by atoms with Crippen LogP contribution in [0.1, 0.15) is 12.6 Å². The molecule has 0 aliphatic carbocycles. The Morgan fingerprint density at radius 3 is 2.94 bits per heavy atom. The molecule has 0 amide bonds. The summed E-state index contributed by atoms with van der Waals surface area (Å²) >= 11 is 0. The van der Waals surface area contributed by atoms with Crippen LogP contribution in [0.25, 0.3) is 11.0 Å². The van der Waals surface area contributed by atoms with Gasteiger partial charge in [-0.25, -0.2) is 9.97 Å². The van der Waals surface area contributed by atoms with E-state index in [0.717, 1.165) is 29.0 Å². The zero-order valence-electron chi connectivity index (χ0n) is 9.53. The first-order valence-corrected chi connectivity index (χ1v) is 5.32. The molecule has 0 aliphatic heterocycles. The van der Waals surface area contributed by atoms with Crippen LogP contribution in [0.3, 0.4) is 0 Å². The third kappa shape index (κ3) is 2.12. The Morgan fingerprint density at radius 1 is 1.31 bits per heavy atom. The number of hydrogen-bond acceptors (Lipinski definition) is 4. The van der Waals surface area contributed by atoms with Gasteiger partial charge in [-0.3, -0.25) is 0 Å². The van der Waals surface area contributed by atoms with Gasteiger partial charge in [-0.05, 0) is 25.1 Å². The Labute approximate surface area is 94.7 Å². The van der Waals surface area contributed by atoms with Crippen molar-refractivity contribution in [1.82, 2.24) is 9.97 Å². The van der Waals surface area contributed by atoms with Crippen molar-refractivity contribution in [2.45, 2.75) is 13.5 Å². The van der Waals surface area contributed by atoms with Gasteiger partial charge in [0.05, 0.1) is 12.3 Å². The molecule has 4 heteroatoms. The molecule has 2 aromatic heterocycles. The van der Waals surface area contributed by atoms with Gasteiger partial charge in [0.2, 0.25) is 0 Å². The lowest BCUT2D eigenvalue weighted by Crippen LogP contribution is -2.00. The van der Waals surface area contributed by atoms with Crippen molar-refractivity contribution in [3.63, 3.8) is 0 Å². The van der Waals surface area contributed by atoms with Gasteiger partial charge >= 0.3 is 0 Å². The zero-order chi connectivity index (χ0) is 11.4. The average Bonchev–Trinajstić information content (AvgIpc) is 2.30. The molecule has 0 aliphatic rings. The molecule has 16 heavy (non-hydrogen) atoms. The second-order valence-electron chi connectivity index (χ2n) is 3.50. The molecule has 0 spiro atoms. The standard InChI is InChI=1S/C12H15N3O/c1-3-13-11-6-7-14-12-10(11)5-4-9(15-12)8-16-2/h4-7H,3,8H2,1-2H3,(H,13,14,15). The van der Waals surface area contributed by atoms with Gasteiger partial charge < -0.3 is 10.1 Å². The Morgan fingerprint density at radius 2 is 2.19 bits per heavy atom. The minimum atomic E-state index is 0.517. The predicted molar refractivity (Wildman–Crippen MR) is 64.4 cm³/mol. The highest BCUT2D eigenvalue weighted by molar-refractivity contribution is 5.88. The van der Waals surface area contributed by atoms with E-state index >= 15 is 0 Å². The van der Waals surface area contributed by atoms with Gasteiger partial charge in [0.15, 0.2) is 5.65 Å². The second-order valence-corrected chi connectivity index (χ2v) is 3.50. The van der Waals surface area contributed by atoms with E-state index in [1.165, 1.54) is 0 Å². The van der Waals surface area contributed by atoms with Gasteiger partial charge in [0.25, 0.3) is 0 Å². The van der Waals surface area contributed by atoms with Crippen LogP contribution in [-0.4, -0.2) is 23.6 Å². The highest BCUT2D eigenvalue weighted by Crippen LogP contribution is 2.20. The molecule has 0 aromatic carbocycles. The molecule has 0 atom stereocenters. The van der Waals surface area contributed by atoms with Crippen molar-refractivity contribution in [3.8, 4) is 0 Å². The molecule has 0 saturated heterocycles. The van der Waals surface area contributed by atoms with Crippen LogP contribution in [0.15, 0.2) is 24.4 Å². The monoisotopic (exact) mass is 217 g/mol. The zero-order valence-corrected chi connectivity index (χ0v) is 9.53. The lowest BCUT2D eigenvalue weighted by Gasteiger charge is -2.07. The number of ether oxygens (including phenoxy) is 1. The smallest absolute Gasteiger partial charge is 0.161 e. The van der Waals surface area contributed by atoms with E-state index < -0.39 is 0 Å². The van der Waals surface area contributed by atoms with Crippen LogP contribution < -0.4 is 5.32 Å². The van der Waals surface area contributed by atoms with Crippen molar-refractivity contribution >= 4 is 16.7 Å². The number of nitrogens with one attached hydrogen (secondary N) is 1. The minimum Gasteiger partial charge on any atom is -0.385 e. The Hall–Kier alpha value is -1.68. The number of anilines is 1. The largest absolute Gasteiger partial charge is 0.385 e. The maximum atomic E-state index is 5.05. The molecule has 1 N–H and O–H groups in total. The number of fused-ring (bicyclic) bond motifs is 1. The van der Waals surface area contributed by atoms with Gasteiger partial charge in [-0.2, -0.15) is 0 Å². The number of nitrogens with zero attached hydrogens (tertiary/aromatic N) is 2. The van der Waals surface area contributed by atoms with Gasteiger partial charge in [-0.1, -0.05) is 0 Å². The fourth-order valence-corrected chi connectivity index (χ4v) is 1.64. The van der Waals surface area contributed by atoms with E-state index in [2.05, 4.69) is 22.2 Å². The molecule has 0 bridgehead atoms. The van der Waals surface area contributed by atoms with E-state index in [1.807, 2.05) is 18.2 Å². The number of methoxy groups -OCH3 is 1. The molecule has 84 valence electrons. The SMILES string of the molecule is CCNc1ccnc2nc(COC)ccc12. The topological polar surface area (TPSA) is 47.0 Å². The number of rotatable bonds is 4. The molecule has 2 heterocycles. The maximum Gasteiger partial charge on any atom is 0.161 e. The Balaban J connectivity index is 2.46. The van der Waals surface area contributed by atoms with Gasteiger partial charge in [0.1, 0.15) is 0 Å². The van der Waals surface area contributed by atoms with Gasteiger partial charge in [-0.15, -0.1) is 0 Å². The quantitative estimate of drug-likeness (QED) is 0.853. The summed E-state index contributed by atoms with van der Waals surface area (Å²) < 4.78 is 5.05. The van der Waals surface area contributed by atoms with Crippen LogP contribution in [0.2, 0.25) is 0 Å². The Bertz CT molecular complexity index is 485. The van der Waals surface area contributed by atoms with Crippen molar-refractivity contribution in [2.24, 2.45) is 0 Å². The summed E-state index contributed by atoms with van der Waals surface area (Å²) in [5.41, 5.74) is 2.73. The van der Waals surface area contributed by atoms with Crippen LogP contribution in [-0.2, 0) is 11.3 Å². The molecule has 2 rings (SSSR count). The molecule has 0 saturated carbocycles. The van der Waals surface area contributed by atoms with Crippen molar-refractivity contribution < 1.29 is 4.74 Å². The molecule has 0 unspecified atom stereocenters. The van der Waals surface area contributed by atoms with E-state index in [-0.39, 0.29) is 0 Å². The van der Waals surface area contributed by atoms with Crippen molar-refractivity contribution in [3.05, 3.63) is 30.1 Å². The van der Waals surface area contributed by atoms with E-state index in [1.54, 1.807) is 13.3 Å². The highest BCUT2D eigenvalue weighted by atomic mass is 16.5. The summed E-state index contributed by atoms with van der Waals surface area (Å²) in [7, 11) is 1.66. The van der Waals surface area contributed by atoms with Crippen molar-refractivity contribution in [1.29, 1.82) is 0 Å². The average molecular weight is 217 g/mol. The lowest BCUT2D eigenvalue weighted by molar-refractivity contribution is 0.182. The molecule has 4 nitrogen and oxygen atoms in total. The third-order valence-electron chi connectivity index (χ3n) is 2.32. The van der Waals surface area contributed by atoms with Crippen LogP contribution in [0, 0.1) is 0 Å². The first-order chi connectivity index (χ1) is 7.85. The van der Waals surface area contributed by atoms with Crippen molar-refractivity contribution in [2.75, 3.05) is 19.0 Å². The fraction of sp³-hybridized carbons (Fsp3) is 0.333. The van der Waals surface area contributed by atoms with Crippen LogP contribution >= 0.6 is 0 Å². The molecule has 2 aromatic rings. The minimum absolute atomic E-state index is 0.517. The fourth-order valence-electron chi connectivity index (χ4n) is 1.64. The maximum absolute atomic E-state index is 5.05. The molecular formula is C12H15N3O. The summed E-state index contributed by atoms with van der Waals surface area (Å²) in [6.45, 7) is 3.47. The third-order valence-corrected chi connectivity index (χ3v) is 2.32. The molecule has 0 radical (unpaired) electrons. The molecular weight excluding hydrogens is 202 g/mol. The van der Waals surface area contributed by atoms with Gasteiger partial charge in [0, 0.05) is 30.9 Å². The number of pyridine rings is 2.